The van der Waals surface area contributed by atoms with Crippen LogP contribution in [0.5, 0.6) is 0 Å². The van der Waals surface area contributed by atoms with Crippen LogP contribution in [0.25, 0.3) is 0 Å². The van der Waals surface area contributed by atoms with Crippen LogP contribution < -0.4 is 5.32 Å². The Morgan fingerprint density at radius 1 is 1.08 bits per heavy atom. The largest absolute Gasteiger partial charge is 0.469 e. The number of carbonyl (C=O) groups is 2. The summed E-state index contributed by atoms with van der Waals surface area (Å²) in [5, 5.41) is 2.38. The first-order valence-corrected chi connectivity index (χ1v) is 7.51. The molecule has 2 aromatic rings. The van der Waals surface area contributed by atoms with Gasteiger partial charge in [0.25, 0.3) is 5.91 Å². The lowest BCUT2D eigenvalue weighted by Gasteiger charge is -2.20. The maximum absolute atomic E-state index is 13.1. The number of alkyl halides is 3. The Bertz CT molecular complexity index is 788. The zero-order valence-corrected chi connectivity index (χ0v) is 13.6. The van der Waals surface area contributed by atoms with Gasteiger partial charge in [0.15, 0.2) is 0 Å². The highest BCUT2D eigenvalue weighted by Crippen LogP contribution is 2.32. The Labute approximate surface area is 146 Å². The van der Waals surface area contributed by atoms with E-state index >= 15 is 0 Å². The van der Waals surface area contributed by atoms with E-state index in [4.69, 9.17) is 0 Å². The summed E-state index contributed by atoms with van der Waals surface area (Å²) < 4.78 is 56.9. The van der Waals surface area contributed by atoms with E-state index in [9.17, 15) is 27.2 Å². The maximum Gasteiger partial charge on any atom is 0.417 e. The number of esters is 1. The van der Waals surface area contributed by atoms with Gasteiger partial charge in [-0.25, -0.2) is 4.39 Å². The second kappa shape index (κ2) is 7.99. The zero-order valence-electron chi connectivity index (χ0n) is 13.6. The molecule has 8 heteroatoms. The Balaban J connectivity index is 2.32. The summed E-state index contributed by atoms with van der Waals surface area (Å²) in [6.07, 6.45) is -5.02. The third-order valence-electron chi connectivity index (χ3n) is 3.65. The molecule has 0 aliphatic rings. The van der Waals surface area contributed by atoms with Gasteiger partial charge in [0.05, 0.1) is 30.7 Å². The normalized spacial score (nSPS) is 12.3. The average Bonchev–Trinajstić information content (AvgIpc) is 2.61. The van der Waals surface area contributed by atoms with E-state index in [0.717, 1.165) is 31.4 Å². The van der Waals surface area contributed by atoms with Gasteiger partial charge in [-0.05, 0) is 29.8 Å². The van der Waals surface area contributed by atoms with Gasteiger partial charge in [-0.3, -0.25) is 9.59 Å². The molecule has 0 unspecified atom stereocenters. The molecule has 138 valence electrons. The van der Waals surface area contributed by atoms with Gasteiger partial charge >= 0.3 is 12.1 Å². The van der Waals surface area contributed by atoms with E-state index in [1.165, 1.54) is 24.3 Å². The molecule has 4 nitrogen and oxygen atoms in total. The number of methoxy groups -OCH3 is 1. The number of hydrogen-bond donors (Lipinski definition) is 1. The van der Waals surface area contributed by atoms with Crippen LogP contribution in [0.4, 0.5) is 17.6 Å². The van der Waals surface area contributed by atoms with Crippen molar-refractivity contribution in [2.75, 3.05) is 7.11 Å². The van der Waals surface area contributed by atoms with Crippen LogP contribution in [-0.4, -0.2) is 19.0 Å². The first-order chi connectivity index (χ1) is 12.2. The van der Waals surface area contributed by atoms with E-state index < -0.39 is 41.0 Å². The lowest BCUT2D eigenvalue weighted by atomic mass is 10.0. The fraction of sp³-hybridized carbons (Fsp3) is 0.222. The van der Waals surface area contributed by atoms with Gasteiger partial charge in [0.2, 0.25) is 0 Å². The number of ether oxygens (including phenoxy) is 1. The molecule has 2 rings (SSSR count). The number of halogens is 4. The van der Waals surface area contributed by atoms with E-state index in [1.807, 2.05) is 0 Å². The first kappa shape index (κ1) is 19.4. The summed E-state index contributed by atoms with van der Waals surface area (Å²) >= 11 is 0. The maximum atomic E-state index is 13.1. The van der Waals surface area contributed by atoms with E-state index in [0.29, 0.717) is 5.56 Å². The summed E-state index contributed by atoms with van der Waals surface area (Å²) in [5.74, 6) is -2.21. The van der Waals surface area contributed by atoms with Gasteiger partial charge in [0.1, 0.15) is 5.82 Å². The Morgan fingerprint density at radius 2 is 1.69 bits per heavy atom. The first-order valence-electron chi connectivity index (χ1n) is 7.51. The molecule has 0 fully saturated rings. The third kappa shape index (κ3) is 4.81. The highest BCUT2D eigenvalue weighted by atomic mass is 19.4. The molecule has 1 amide bonds. The minimum absolute atomic E-state index is 0.317. The summed E-state index contributed by atoms with van der Waals surface area (Å²) in [5.41, 5.74) is -1.31. The Kier molecular flexibility index (Phi) is 5.97. The van der Waals surface area contributed by atoms with Crippen molar-refractivity contribution in [1.82, 2.24) is 5.32 Å². The molecular weight excluding hydrogens is 354 g/mol. The standard InChI is InChI=1S/C18H15F4NO3/c1-26-16(24)10-15(11-6-8-12(19)9-7-11)23-17(25)13-4-2-3-5-14(13)18(20,21)22/h2-9,15H,10H2,1H3,(H,23,25)/t15-/m1/s1. The lowest BCUT2D eigenvalue weighted by Crippen LogP contribution is -2.32. The second-order valence-corrected chi connectivity index (χ2v) is 5.40. The Hall–Kier alpha value is -2.90. The molecule has 0 radical (unpaired) electrons. The quantitative estimate of drug-likeness (QED) is 0.643. The van der Waals surface area contributed by atoms with Crippen molar-refractivity contribution in [2.24, 2.45) is 0 Å². The molecule has 1 atom stereocenters. The number of nitrogens with one attached hydrogen (secondary N) is 1. The van der Waals surface area contributed by atoms with Crippen molar-refractivity contribution in [3.8, 4) is 0 Å². The van der Waals surface area contributed by atoms with Gasteiger partial charge in [-0.2, -0.15) is 13.2 Å². The van der Waals surface area contributed by atoms with Crippen molar-refractivity contribution in [3.63, 3.8) is 0 Å². The van der Waals surface area contributed by atoms with Crippen LogP contribution in [-0.2, 0) is 15.7 Å². The third-order valence-corrected chi connectivity index (χ3v) is 3.65. The molecule has 0 bridgehead atoms. The fourth-order valence-electron chi connectivity index (χ4n) is 2.36. The summed E-state index contributed by atoms with van der Waals surface area (Å²) in [4.78, 5) is 24.0. The van der Waals surface area contributed by atoms with E-state index in [1.54, 1.807) is 0 Å². The van der Waals surface area contributed by atoms with Gasteiger partial charge in [-0.15, -0.1) is 0 Å². The molecule has 26 heavy (non-hydrogen) atoms. The monoisotopic (exact) mass is 369 g/mol. The van der Waals surface area contributed by atoms with Gasteiger partial charge < -0.3 is 10.1 Å². The van der Waals surface area contributed by atoms with Crippen LogP contribution >= 0.6 is 0 Å². The topological polar surface area (TPSA) is 55.4 Å². The molecule has 0 aliphatic heterocycles. The molecular formula is C18H15F4NO3. The van der Waals surface area contributed by atoms with Crippen molar-refractivity contribution in [1.29, 1.82) is 0 Å². The lowest BCUT2D eigenvalue weighted by molar-refractivity contribution is -0.141. The number of benzene rings is 2. The molecule has 0 heterocycles. The van der Waals surface area contributed by atoms with Crippen molar-refractivity contribution in [2.45, 2.75) is 18.6 Å². The molecule has 0 aromatic heterocycles. The highest BCUT2D eigenvalue weighted by Gasteiger charge is 2.35. The predicted octanol–water partition coefficient (Wildman–Crippen LogP) is 3.88. The average molecular weight is 369 g/mol. The number of hydrogen-bond acceptors (Lipinski definition) is 3. The number of carbonyl (C=O) groups excluding carboxylic acids is 2. The minimum atomic E-state index is -4.71. The molecule has 0 saturated heterocycles. The van der Waals surface area contributed by atoms with Crippen molar-refractivity contribution in [3.05, 3.63) is 71.0 Å². The number of amides is 1. The molecule has 0 spiro atoms. The SMILES string of the molecule is COC(=O)C[C@@H](NC(=O)c1ccccc1C(F)(F)F)c1ccc(F)cc1. The van der Waals surface area contributed by atoms with Crippen LogP contribution in [0.2, 0.25) is 0 Å². The molecule has 0 aliphatic carbocycles. The summed E-state index contributed by atoms with van der Waals surface area (Å²) in [6.45, 7) is 0. The van der Waals surface area contributed by atoms with Crippen LogP contribution in [0.1, 0.15) is 33.9 Å². The summed E-state index contributed by atoms with van der Waals surface area (Å²) in [6, 6.07) is 8.24. The fourth-order valence-corrected chi connectivity index (χ4v) is 2.36. The molecule has 0 saturated carbocycles. The van der Waals surface area contributed by atoms with Crippen LogP contribution in [0.3, 0.4) is 0 Å². The summed E-state index contributed by atoms with van der Waals surface area (Å²) in [7, 11) is 1.14. The Morgan fingerprint density at radius 3 is 2.27 bits per heavy atom. The van der Waals surface area contributed by atoms with E-state index in [-0.39, 0.29) is 6.42 Å². The highest BCUT2D eigenvalue weighted by molar-refractivity contribution is 5.96. The smallest absolute Gasteiger partial charge is 0.417 e. The number of rotatable bonds is 5. The van der Waals surface area contributed by atoms with Gasteiger partial charge in [-0.1, -0.05) is 24.3 Å². The zero-order chi connectivity index (χ0) is 19.3. The van der Waals surface area contributed by atoms with E-state index in [2.05, 4.69) is 10.1 Å². The predicted molar refractivity (Wildman–Crippen MR) is 84.7 cm³/mol. The second-order valence-electron chi connectivity index (χ2n) is 5.40. The van der Waals surface area contributed by atoms with Crippen LogP contribution in [0, 0.1) is 5.82 Å². The minimum Gasteiger partial charge on any atom is -0.469 e. The van der Waals surface area contributed by atoms with Crippen molar-refractivity contribution < 1.29 is 31.9 Å². The molecule has 2 aromatic carbocycles. The van der Waals surface area contributed by atoms with Crippen LogP contribution in [0.15, 0.2) is 48.5 Å². The molecule has 1 N–H and O–H groups in total. The van der Waals surface area contributed by atoms with Crippen molar-refractivity contribution >= 4 is 11.9 Å². The van der Waals surface area contributed by atoms with Gasteiger partial charge in [0, 0.05) is 0 Å².